The number of aromatic nitrogens is 2. The van der Waals surface area contributed by atoms with E-state index in [4.69, 9.17) is 9.47 Å². The zero-order valence-corrected chi connectivity index (χ0v) is 15.8. The van der Waals surface area contributed by atoms with E-state index in [1.165, 1.54) is 0 Å². The molecular weight excluding hydrogens is 398 g/mol. The molecule has 1 atom stereocenters. The molecule has 23 heavy (non-hydrogen) atoms. The number of hydrogen-bond donors (Lipinski definition) is 1. The molecule has 8 heteroatoms. The summed E-state index contributed by atoms with van der Waals surface area (Å²) in [6, 6.07) is 7.85. The average molecular weight is 416 g/mol. The summed E-state index contributed by atoms with van der Waals surface area (Å²) < 4.78 is 13.3. The molecule has 0 amide bonds. The first-order valence-electron chi connectivity index (χ1n) is 7.50. The predicted molar refractivity (Wildman–Crippen MR) is 97.7 cm³/mol. The van der Waals surface area contributed by atoms with Gasteiger partial charge in [0.15, 0.2) is 4.34 Å². The second-order valence-corrected chi connectivity index (χ2v) is 8.28. The maximum absolute atomic E-state index is 5.70. The van der Waals surface area contributed by atoms with Crippen LogP contribution in [-0.2, 0) is 4.74 Å². The second-order valence-electron chi connectivity index (χ2n) is 5.04. The molecule has 1 aliphatic rings. The summed E-state index contributed by atoms with van der Waals surface area (Å²) in [4.78, 5) is 0. The molecule has 1 unspecified atom stereocenters. The van der Waals surface area contributed by atoms with Gasteiger partial charge in [-0.05, 0) is 31.0 Å². The quantitative estimate of drug-likeness (QED) is 0.517. The molecule has 1 fully saturated rings. The number of anilines is 1. The average Bonchev–Trinajstić information content (AvgIpc) is 3.21. The highest BCUT2D eigenvalue weighted by molar-refractivity contribution is 9.10. The highest BCUT2D eigenvalue weighted by Crippen LogP contribution is 2.26. The van der Waals surface area contributed by atoms with Crippen LogP contribution in [0.4, 0.5) is 5.13 Å². The molecule has 0 radical (unpaired) electrons. The van der Waals surface area contributed by atoms with Crippen molar-refractivity contribution in [3.8, 4) is 5.75 Å². The van der Waals surface area contributed by atoms with Gasteiger partial charge in [-0.25, -0.2) is 0 Å². The summed E-state index contributed by atoms with van der Waals surface area (Å²) in [5.41, 5.74) is 0. The van der Waals surface area contributed by atoms with Crippen LogP contribution in [0.3, 0.4) is 0 Å². The van der Waals surface area contributed by atoms with Crippen molar-refractivity contribution in [1.82, 2.24) is 10.2 Å². The number of hydrogen-bond acceptors (Lipinski definition) is 7. The van der Waals surface area contributed by atoms with Gasteiger partial charge in [0.05, 0.1) is 12.7 Å². The Bertz CT molecular complexity index is 620. The van der Waals surface area contributed by atoms with Crippen molar-refractivity contribution in [2.45, 2.75) is 23.3 Å². The van der Waals surface area contributed by atoms with Crippen LogP contribution in [0.25, 0.3) is 0 Å². The van der Waals surface area contributed by atoms with Gasteiger partial charge in [-0.3, -0.25) is 0 Å². The van der Waals surface area contributed by atoms with E-state index in [2.05, 4.69) is 31.4 Å². The molecule has 2 aromatic rings. The highest BCUT2D eigenvalue weighted by Gasteiger charge is 2.15. The van der Waals surface area contributed by atoms with Crippen LogP contribution in [0.2, 0.25) is 0 Å². The number of halogens is 1. The molecule has 2 heterocycles. The first-order valence-corrected chi connectivity index (χ1v) is 10.1. The van der Waals surface area contributed by atoms with E-state index < -0.39 is 0 Å². The SMILES string of the molecule is Brc1cccc(OCCSc2nnc(NCC3CCCO3)s2)c1. The van der Waals surface area contributed by atoms with E-state index in [0.29, 0.717) is 12.7 Å². The standard InChI is InChI=1S/C15H18BrN3O2S2/c16-11-3-1-4-12(9-11)21-7-8-22-15-19-18-14(23-15)17-10-13-5-2-6-20-13/h1,3-4,9,13H,2,5-8,10H2,(H,17,18). The Kier molecular flexibility index (Phi) is 6.56. The number of thioether (sulfide) groups is 1. The molecule has 0 saturated carbocycles. The van der Waals surface area contributed by atoms with E-state index in [1.807, 2.05) is 24.3 Å². The molecule has 124 valence electrons. The Hall–Kier alpha value is -0.830. The first kappa shape index (κ1) is 17.0. The van der Waals surface area contributed by atoms with Crippen molar-refractivity contribution in [2.75, 3.05) is 30.8 Å². The van der Waals surface area contributed by atoms with Gasteiger partial charge in [0, 0.05) is 23.4 Å². The van der Waals surface area contributed by atoms with Crippen LogP contribution in [0.5, 0.6) is 5.75 Å². The summed E-state index contributed by atoms with van der Waals surface area (Å²) in [5.74, 6) is 1.71. The van der Waals surface area contributed by atoms with Gasteiger partial charge in [-0.1, -0.05) is 45.1 Å². The first-order chi connectivity index (χ1) is 11.3. The van der Waals surface area contributed by atoms with Crippen LogP contribution in [0.1, 0.15) is 12.8 Å². The lowest BCUT2D eigenvalue weighted by atomic mass is 10.2. The molecule has 1 aliphatic heterocycles. The van der Waals surface area contributed by atoms with Crippen molar-refractivity contribution in [2.24, 2.45) is 0 Å². The Labute approximate surface area is 152 Å². The minimum absolute atomic E-state index is 0.314. The minimum atomic E-state index is 0.314. The lowest BCUT2D eigenvalue weighted by Gasteiger charge is -2.08. The van der Waals surface area contributed by atoms with E-state index in [-0.39, 0.29) is 0 Å². The zero-order chi connectivity index (χ0) is 15.9. The van der Waals surface area contributed by atoms with Crippen molar-refractivity contribution < 1.29 is 9.47 Å². The lowest BCUT2D eigenvalue weighted by Crippen LogP contribution is -2.18. The third kappa shape index (κ3) is 5.63. The summed E-state index contributed by atoms with van der Waals surface area (Å²) in [6.07, 6.45) is 2.59. The predicted octanol–water partition coefficient (Wildman–Crippen LogP) is 4.06. The van der Waals surface area contributed by atoms with Gasteiger partial charge in [0.1, 0.15) is 5.75 Å². The van der Waals surface area contributed by atoms with Crippen molar-refractivity contribution in [1.29, 1.82) is 0 Å². The van der Waals surface area contributed by atoms with E-state index in [0.717, 1.165) is 51.4 Å². The van der Waals surface area contributed by atoms with Crippen molar-refractivity contribution >= 4 is 44.2 Å². The number of rotatable bonds is 8. The topological polar surface area (TPSA) is 56.3 Å². The van der Waals surface area contributed by atoms with Crippen molar-refractivity contribution in [3.63, 3.8) is 0 Å². The third-order valence-electron chi connectivity index (χ3n) is 3.29. The van der Waals surface area contributed by atoms with Gasteiger partial charge in [-0.2, -0.15) is 0 Å². The molecule has 1 saturated heterocycles. The number of benzene rings is 1. The van der Waals surface area contributed by atoms with E-state index >= 15 is 0 Å². The smallest absolute Gasteiger partial charge is 0.206 e. The fourth-order valence-electron chi connectivity index (χ4n) is 2.19. The van der Waals surface area contributed by atoms with Crippen LogP contribution < -0.4 is 10.1 Å². The van der Waals surface area contributed by atoms with Gasteiger partial charge in [0.2, 0.25) is 5.13 Å². The summed E-state index contributed by atoms with van der Waals surface area (Å²) in [7, 11) is 0. The molecular formula is C15H18BrN3O2S2. The van der Waals surface area contributed by atoms with Crippen LogP contribution in [-0.4, -0.2) is 41.8 Å². The molecule has 5 nitrogen and oxygen atoms in total. The number of ether oxygens (including phenoxy) is 2. The van der Waals surface area contributed by atoms with E-state index in [9.17, 15) is 0 Å². The van der Waals surface area contributed by atoms with Gasteiger partial charge < -0.3 is 14.8 Å². The fraction of sp³-hybridized carbons (Fsp3) is 0.467. The largest absolute Gasteiger partial charge is 0.493 e. The summed E-state index contributed by atoms with van der Waals surface area (Å²) >= 11 is 6.67. The van der Waals surface area contributed by atoms with Crippen LogP contribution >= 0.6 is 39.0 Å². The third-order valence-corrected chi connectivity index (χ3v) is 5.76. The molecule has 3 rings (SSSR count). The Morgan fingerprint density at radius 3 is 3.22 bits per heavy atom. The normalized spacial score (nSPS) is 17.3. The lowest BCUT2D eigenvalue weighted by molar-refractivity contribution is 0.120. The highest BCUT2D eigenvalue weighted by atomic mass is 79.9. The Morgan fingerprint density at radius 2 is 2.39 bits per heavy atom. The Balaban J connectivity index is 1.35. The molecule has 1 aromatic heterocycles. The van der Waals surface area contributed by atoms with Gasteiger partial charge in [-0.15, -0.1) is 10.2 Å². The summed E-state index contributed by atoms with van der Waals surface area (Å²) in [5, 5.41) is 12.5. The zero-order valence-electron chi connectivity index (χ0n) is 12.5. The maximum Gasteiger partial charge on any atom is 0.206 e. The summed E-state index contributed by atoms with van der Waals surface area (Å²) in [6.45, 7) is 2.33. The van der Waals surface area contributed by atoms with Crippen molar-refractivity contribution in [3.05, 3.63) is 28.7 Å². The molecule has 0 bridgehead atoms. The van der Waals surface area contributed by atoms with E-state index in [1.54, 1.807) is 23.1 Å². The molecule has 1 N–H and O–H groups in total. The monoisotopic (exact) mass is 415 g/mol. The Morgan fingerprint density at radius 1 is 1.43 bits per heavy atom. The maximum atomic E-state index is 5.70. The molecule has 1 aromatic carbocycles. The van der Waals surface area contributed by atoms with Gasteiger partial charge >= 0.3 is 0 Å². The van der Waals surface area contributed by atoms with Crippen LogP contribution in [0.15, 0.2) is 33.1 Å². The number of nitrogens with zero attached hydrogens (tertiary/aromatic N) is 2. The second kappa shape index (κ2) is 8.86. The van der Waals surface area contributed by atoms with Gasteiger partial charge in [0.25, 0.3) is 0 Å². The van der Waals surface area contributed by atoms with Crippen LogP contribution in [0, 0.1) is 0 Å². The number of nitrogens with one attached hydrogen (secondary N) is 1. The molecule has 0 spiro atoms. The molecule has 0 aliphatic carbocycles. The fourth-order valence-corrected chi connectivity index (χ4v) is 4.22. The minimum Gasteiger partial charge on any atom is -0.493 e.